The van der Waals surface area contributed by atoms with E-state index in [1.807, 2.05) is 6.92 Å². The van der Waals surface area contributed by atoms with Gasteiger partial charge in [0.25, 0.3) is 5.91 Å². The quantitative estimate of drug-likeness (QED) is 0.757. The average Bonchev–Trinajstić information content (AvgIpc) is 2.20. The lowest BCUT2D eigenvalue weighted by Gasteiger charge is -2.14. The van der Waals surface area contributed by atoms with Crippen molar-refractivity contribution in [2.24, 2.45) is 0 Å². The maximum Gasteiger partial charge on any atom is 0.253 e. The van der Waals surface area contributed by atoms with Crippen molar-refractivity contribution in [1.82, 2.24) is 4.90 Å². The van der Waals surface area contributed by atoms with Crippen LogP contribution in [0.1, 0.15) is 15.9 Å². The molecule has 4 heteroatoms. The Morgan fingerprint density at radius 2 is 2.07 bits per heavy atom. The Balaban J connectivity index is 3.14. The van der Waals surface area contributed by atoms with Crippen molar-refractivity contribution in [2.45, 2.75) is 6.92 Å². The summed E-state index contributed by atoms with van der Waals surface area (Å²) in [4.78, 5) is 23.6. The van der Waals surface area contributed by atoms with Crippen molar-refractivity contribution < 1.29 is 9.59 Å². The highest BCUT2D eigenvalue weighted by atomic mass is 16.2. The number of hydrogen-bond donors (Lipinski definition) is 1. The van der Waals surface area contributed by atoms with Crippen molar-refractivity contribution >= 4 is 18.0 Å². The first-order valence-electron chi connectivity index (χ1n) is 4.59. The van der Waals surface area contributed by atoms with E-state index < -0.39 is 0 Å². The Kier molecular flexibility index (Phi) is 3.44. The molecule has 1 N–H and O–H groups in total. The van der Waals surface area contributed by atoms with Crippen molar-refractivity contribution in [3.05, 3.63) is 29.3 Å². The van der Waals surface area contributed by atoms with Crippen LogP contribution in [-0.2, 0) is 4.79 Å². The van der Waals surface area contributed by atoms with Crippen molar-refractivity contribution in [2.75, 3.05) is 19.4 Å². The third-order valence-corrected chi connectivity index (χ3v) is 2.18. The third-order valence-electron chi connectivity index (χ3n) is 2.18. The lowest BCUT2D eigenvalue weighted by atomic mass is 10.1. The highest BCUT2D eigenvalue weighted by Crippen LogP contribution is 2.19. The zero-order valence-electron chi connectivity index (χ0n) is 9.07. The summed E-state index contributed by atoms with van der Waals surface area (Å²) in [7, 11) is 3.39. The van der Waals surface area contributed by atoms with Crippen LogP contribution in [0, 0.1) is 6.92 Å². The van der Waals surface area contributed by atoms with E-state index in [4.69, 9.17) is 0 Å². The fraction of sp³-hybridized carbons (Fsp3) is 0.273. The summed E-state index contributed by atoms with van der Waals surface area (Å²) in [6, 6.07) is 5.25. The Bertz CT molecular complexity index is 386. The summed E-state index contributed by atoms with van der Waals surface area (Å²) in [5.74, 6) is -0.0675. The number of carbonyl (C=O) groups excluding carboxylic acids is 2. The topological polar surface area (TPSA) is 49.4 Å². The first-order chi connectivity index (χ1) is 7.07. The number of hydrogen-bond acceptors (Lipinski definition) is 2. The summed E-state index contributed by atoms with van der Waals surface area (Å²) in [6.07, 6.45) is 0.603. The molecule has 15 heavy (non-hydrogen) atoms. The highest BCUT2D eigenvalue weighted by molar-refractivity contribution is 5.97. The molecule has 0 bridgehead atoms. The van der Waals surface area contributed by atoms with Gasteiger partial charge in [-0.25, -0.2) is 0 Å². The summed E-state index contributed by atoms with van der Waals surface area (Å²) < 4.78 is 0. The number of rotatable bonds is 3. The van der Waals surface area contributed by atoms with Gasteiger partial charge in [0.2, 0.25) is 6.41 Å². The van der Waals surface area contributed by atoms with Crippen LogP contribution >= 0.6 is 0 Å². The fourth-order valence-corrected chi connectivity index (χ4v) is 1.33. The molecule has 80 valence electrons. The minimum atomic E-state index is -0.0675. The van der Waals surface area contributed by atoms with Gasteiger partial charge in [0.05, 0.1) is 0 Å². The van der Waals surface area contributed by atoms with E-state index in [9.17, 15) is 9.59 Å². The molecule has 0 saturated carbocycles. The van der Waals surface area contributed by atoms with Crippen molar-refractivity contribution in [3.8, 4) is 0 Å². The zero-order valence-corrected chi connectivity index (χ0v) is 9.07. The van der Waals surface area contributed by atoms with E-state index in [1.54, 1.807) is 32.3 Å². The molecular weight excluding hydrogens is 192 g/mol. The fourth-order valence-electron chi connectivity index (χ4n) is 1.33. The Labute approximate surface area is 88.9 Å². The van der Waals surface area contributed by atoms with E-state index in [0.717, 1.165) is 5.56 Å². The molecule has 0 aliphatic rings. The van der Waals surface area contributed by atoms with Crippen LogP contribution < -0.4 is 5.32 Å². The van der Waals surface area contributed by atoms with E-state index in [-0.39, 0.29) is 5.91 Å². The van der Waals surface area contributed by atoms with Gasteiger partial charge in [0.15, 0.2) is 0 Å². The van der Waals surface area contributed by atoms with Gasteiger partial charge in [-0.05, 0) is 24.6 Å². The Morgan fingerprint density at radius 1 is 1.40 bits per heavy atom. The molecule has 0 radical (unpaired) electrons. The van der Waals surface area contributed by atoms with E-state index in [1.165, 1.54) is 4.90 Å². The van der Waals surface area contributed by atoms with Gasteiger partial charge in [-0.15, -0.1) is 0 Å². The molecular formula is C11H14N2O2. The molecule has 1 aromatic rings. The Hall–Kier alpha value is -1.84. The summed E-state index contributed by atoms with van der Waals surface area (Å²) in [5, 5.41) is 2.56. The van der Waals surface area contributed by atoms with Crippen molar-refractivity contribution in [1.29, 1.82) is 0 Å². The van der Waals surface area contributed by atoms with Gasteiger partial charge in [0.1, 0.15) is 0 Å². The zero-order chi connectivity index (χ0) is 11.4. The van der Waals surface area contributed by atoms with Gasteiger partial charge in [-0.3, -0.25) is 9.59 Å². The summed E-state index contributed by atoms with van der Waals surface area (Å²) in [6.45, 7) is 1.81. The maximum atomic E-state index is 11.7. The molecule has 1 rings (SSSR count). The molecule has 0 atom stereocenters. The molecule has 0 aromatic heterocycles. The van der Waals surface area contributed by atoms with Crippen LogP contribution in [0.4, 0.5) is 5.69 Å². The summed E-state index contributed by atoms with van der Waals surface area (Å²) in [5.41, 5.74) is 2.05. The normalized spacial score (nSPS) is 9.53. The lowest BCUT2D eigenvalue weighted by molar-refractivity contribution is -0.105. The van der Waals surface area contributed by atoms with Crippen LogP contribution in [-0.4, -0.2) is 31.3 Å². The van der Waals surface area contributed by atoms with Crippen LogP contribution in [0.15, 0.2) is 18.2 Å². The van der Waals surface area contributed by atoms with E-state index in [2.05, 4.69) is 5.32 Å². The maximum absolute atomic E-state index is 11.7. The molecule has 0 saturated heterocycles. The minimum Gasteiger partial charge on any atom is -0.345 e. The highest BCUT2D eigenvalue weighted by Gasteiger charge is 2.12. The predicted molar refractivity (Wildman–Crippen MR) is 58.9 cm³/mol. The van der Waals surface area contributed by atoms with Gasteiger partial charge >= 0.3 is 0 Å². The lowest BCUT2D eigenvalue weighted by Crippen LogP contribution is -2.22. The molecule has 0 fully saturated rings. The number of nitrogens with one attached hydrogen (secondary N) is 1. The minimum absolute atomic E-state index is 0.0675. The molecule has 0 aliphatic carbocycles. The van der Waals surface area contributed by atoms with Gasteiger partial charge in [0, 0.05) is 25.3 Å². The van der Waals surface area contributed by atoms with Crippen molar-refractivity contribution in [3.63, 3.8) is 0 Å². The summed E-state index contributed by atoms with van der Waals surface area (Å²) >= 11 is 0. The average molecular weight is 206 g/mol. The van der Waals surface area contributed by atoms with Gasteiger partial charge < -0.3 is 10.2 Å². The monoisotopic (exact) mass is 206 g/mol. The number of amides is 2. The predicted octanol–water partition coefficient (Wildman–Crippen LogP) is 1.27. The van der Waals surface area contributed by atoms with Crippen LogP contribution in [0.3, 0.4) is 0 Å². The van der Waals surface area contributed by atoms with E-state index in [0.29, 0.717) is 17.7 Å². The standard InChI is InChI=1S/C11H14N2O2/c1-8-9(11(15)13(2)3)5-4-6-10(8)12-7-14/h4-7H,1-3H3,(H,12,14). The first kappa shape index (κ1) is 11.2. The van der Waals surface area contributed by atoms with Gasteiger partial charge in [-0.1, -0.05) is 6.07 Å². The largest absolute Gasteiger partial charge is 0.345 e. The molecule has 0 unspecified atom stereocenters. The molecule has 0 spiro atoms. The number of carbonyl (C=O) groups is 2. The van der Waals surface area contributed by atoms with Crippen LogP contribution in [0.2, 0.25) is 0 Å². The molecule has 0 heterocycles. The smallest absolute Gasteiger partial charge is 0.253 e. The number of anilines is 1. The van der Waals surface area contributed by atoms with E-state index >= 15 is 0 Å². The molecule has 1 aromatic carbocycles. The second-order valence-electron chi connectivity index (χ2n) is 3.44. The molecule has 4 nitrogen and oxygen atoms in total. The van der Waals surface area contributed by atoms with Crippen LogP contribution in [0.25, 0.3) is 0 Å². The molecule has 0 aliphatic heterocycles. The second-order valence-corrected chi connectivity index (χ2v) is 3.44. The SMILES string of the molecule is Cc1c(NC=O)cccc1C(=O)N(C)C. The number of nitrogens with zero attached hydrogens (tertiary/aromatic N) is 1. The number of benzene rings is 1. The van der Waals surface area contributed by atoms with Gasteiger partial charge in [-0.2, -0.15) is 0 Å². The Morgan fingerprint density at radius 3 is 2.60 bits per heavy atom. The third kappa shape index (κ3) is 2.34. The van der Waals surface area contributed by atoms with Crippen LogP contribution in [0.5, 0.6) is 0 Å². The first-order valence-corrected chi connectivity index (χ1v) is 4.59. The second kappa shape index (κ2) is 4.59. The molecule has 2 amide bonds.